The van der Waals surface area contributed by atoms with E-state index in [4.69, 9.17) is 9.47 Å². The lowest BCUT2D eigenvalue weighted by atomic mass is 9.69. The number of hydrogen-bond donors (Lipinski definition) is 1. The summed E-state index contributed by atoms with van der Waals surface area (Å²) in [5.41, 5.74) is 2.41. The zero-order chi connectivity index (χ0) is 27.3. The van der Waals surface area contributed by atoms with Gasteiger partial charge in [-0.3, -0.25) is 4.79 Å². The summed E-state index contributed by atoms with van der Waals surface area (Å²) >= 11 is 1.42. The zero-order valence-corrected chi connectivity index (χ0v) is 23.8. The van der Waals surface area contributed by atoms with Gasteiger partial charge in [0, 0.05) is 42.3 Å². The number of fused-ring (bicyclic) bond motifs is 4. The van der Waals surface area contributed by atoms with Gasteiger partial charge in [-0.25, -0.2) is 12.7 Å². The molecule has 0 radical (unpaired) electrons. The second kappa shape index (κ2) is 8.16. The number of piperidine rings is 1. The van der Waals surface area contributed by atoms with Crippen LogP contribution in [0.25, 0.3) is 0 Å². The molecule has 39 heavy (non-hydrogen) atoms. The minimum atomic E-state index is -4.06. The molecule has 1 fully saturated rings. The lowest BCUT2D eigenvalue weighted by Crippen LogP contribution is -2.65. The summed E-state index contributed by atoms with van der Waals surface area (Å²) in [6.07, 6.45) is 2.47. The van der Waals surface area contributed by atoms with Gasteiger partial charge in [-0.05, 0) is 38.4 Å². The van der Waals surface area contributed by atoms with Gasteiger partial charge < -0.3 is 19.7 Å². The maximum Gasteiger partial charge on any atom is 0.265 e. The number of nitrogens with zero attached hydrogens (tertiary/aromatic N) is 2. The third kappa shape index (κ3) is 2.94. The van der Waals surface area contributed by atoms with Crippen LogP contribution in [0.4, 0.5) is 11.4 Å². The fraction of sp³-hybridized carbons (Fsp3) is 0.345. The van der Waals surface area contributed by atoms with Crippen molar-refractivity contribution in [3.05, 3.63) is 76.9 Å². The van der Waals surface area contributed by atoms with Crippen molar-refractivity contribution in [3.63, 3.8) is 0 Å². The van der Waals surface area contributed by atoms with E-state index in [1.54, 1.807) is 23.5 Å². The predicted molar refractivity (Wildman–Crippen MR) is 151 cm³/mol. The summed E-state index contributed by atoms with van der Waals surface area (Å²) in [7, 11) is -0.485. The molecular formula is C29H29N3O5S2. The van der Waals surface area contributed by atoms with Gasteiger partial charge >= 0.3 is 0 Å². The first-order chi connectivity index (χ1) is 18.7. The quantitative estimate of drug-likeness (QED) is 0.504. The van der Waals surface area contributed by atoms with Crippen molar-refractivity contribution in [2.75, 3.05) is 43.1 Å². The molecule has 1 saturated heterocycles. The van der Waals surface area contributed by atoms with Crippen molar-refractivity contribution in [1.29, 1.82) is 0 Å². The van der Waals surface area contributed by atoms with Crippen LogP contribution >= 0.6 is 11.8 Å². The Hall–Kier alpha value is -3.21. The molecule has 0 aliphatic carbocycles. The molecule has 3 atom stereocenters. The SMILES string of the molecule is COc1cc2c(c3c1NC(=O)C3SC)C13CN(C)CCC1(O2)c1ccccc1N3S(=O)(=O)c1ccc(C)cc1. The molecule has 1 N–H and O–H groups in total. The first kappa shape index (κ1) is 24.8. The lowest BCUT2D eigenvalue weighted by Gasteiger charge is -2.50. The second-order valence-electron chi connectivity index (χ2n) is 10.7. The highest BCUT2D eigenvalue weighted by Crippen LogP contribution is 2.70. The van der Waals surface area contributed by atoms with E-state index < -0.39 is 26.4 Å². The van der Waals surface area contributed by atoms with E-state index in [9.17, 15) is 13.2 Å². The van der Waals surface area contributed by atoms with E-state index in [1.165, 1.54) is 11.8 Å². The van der Waals surface area contributed by atoms with Crippen molar-refractivity contribution in [2.24, 2.45) is 0 Å². The Labute approximate surface area is 232 Å². The third-order valence-corrected chi connectivity index (χ3v) is 11.4. The highest BCUT2D eigenvalue weighted by Gasteiger charge is 2.74. The average Bonchev–Trinajstić information content (AvgIpc) is 3.48. The van der Waals surface area contributed by atoms with Gasteiger partial charge in [0.2, 0.25) is 5.91 Å². The van der Waals surface area contributed by atoms with E-state index in [1.807, 2.05) is 62.7 Å². The number of para-hydroxylation sites is 1. The third-order valence-electron chi connectivity index (χ3n) is 8.67. The molecule has 3 aromatic carbocycles. The van der Waals surface area contributed by atoms with Gasteiger partial charge in [0.1, 0.15) is 22.3 Å². The van der Waals surface area contributed by atoms with E-state index in [0.717, 1.165) is 28.8 Å². The summed E-state index contributed by atoms with van der Waals surface area (Å²) in [5, 5.41) is 2.49. The smallest absolute Gasteiger partial charge is 0.265 e. The summed E-state index contributed by atoms with van der Waals surface area (Å²) < 4.78 is 43.9. The minimum Gasteiger partial charge on any atom is -0.494 e. The predicted octanol–water partition coefficient (Wildman–Crippen LogP) is 4.39. The van der Waals surface area contributed by atoms with Gasteiger partial charge in [0.05, 0.1) is 23.4 Å². The molecule has 3 unspecified atom stereocenters. The van der Waals surface area contributed by atoms with Crippen molar-refractivity contribution in [2.45, 2.75) is 34.6 Å². The first-order valence-corrected chi connectivity index (χ1v) is 15.6. The van der Waals surface area contributed by atoms with Crippen LogP contribution in [0, 0.1) is 6.92 Å². The number of amides is 1. The summed E-state index contributed by atoms with van der Waals surface area (Å²) in [6, 6.07) is 16.4. The van der Waals surface area contributed by atoms with Crippen LogP contribution in [0.3, 0.4) is 0 Å². The van der Waals surface area contributed by atoms with Crippen molar-refractivity contribution >= 4 is 39.1 Å². The molecule has 1 amide bonds. The Morgan fingerprint density at radius 2 is 1.90 bits per heavy atom. The minimum absolute atomic E-state index is 0.147. The number of carbonyl (C=O) groups excluding carboxylic acids is 1. The average molecular weight is 564 g/mol. The van der Waals surface area contributed by atoms with Crippen LogP contribution in [-0.2, 0) is 26.0 Å². The maximum absolute atomic E-state index is 14.8. The molecule has 4 aliphatic heterocycles. The fourth-order valence-corrected chi connectivity index (χ4v) is 9.66. The van der Waals surface area contributed by atoms with E-state index in [2.05, 4.69) is 10.2 Å². The van der Waals surface area contributed by atoms with Crippen molar-refractivity contribution < 1.29 is 22.7 Å². The Morgan fingerprint density at radius 3 is 2.62 bits per heavy atom. The van der Waals surface area contributed by atoms with Gasteiger partial charge in [-0.15, -0.1) is 11.8 Å². The van der Waals surface area contributed by atoms with Crippen LogP contribution in [0.2, 0.25) is 0 Å². The van der Waals surface area contributed by atoms with Gasteiger partial charge in [0.25, 0.3) is 10.0 Å². The van der Waals surface area contributed by atoms with E-state index in [0.29, 0.717) is 35.8 Å². The summed E-state index contributed by atoms with van der Waals surface area (Å²) in [5.74, 6) is 0.925. The summed E-state index contributed by atoms with van der Waals surface area (Å²) in [6.45, 7) is 3.06. The van der Waals surface area contributed by atoms with Gasteiger partial charge in [-0.1, -0.05) is 35.9 Å². The molecule has 0 saturated carbocycles. The molecular weight excluding hydrogens is 534 g/mol. The normalized spacial score (nSPS) is 26.7. The van der Waals surface area contributed by atoms with Crippen LogP contribution < -0.4 is 19.1 Å². The standard InChI is InChI=1S/C29H29N3O5S2/c1-17-9-11-18(12-10-17)39(34,35)32-20-8-6-5-7-19(20)29-13-14-31(2)16-28(29,32)24-21(37-29)15-22(36-3)25-23(24)26(38-4)27(33)30-25/h5-12,15,26H,13-14,16H2,1-4H3,(H,30,33). The number of thioether (sulfide) groups is 1. The molecule has 7 rings (SSSR count). The number of sulfonamides is 1. The molecule has 4 heterocycles. The number of aryl methyl sites for hydroxylation is 1. The van der Waals surface area contributed by atoms with Crippen molar-refractivity contribution in [1.82, 2.24) is 4.90 Å². The van der Waals surface area contributed by atoms with Gasteiger partial charge in [-0.2, -0.15) is 0 Å². The number of methoxy groups -OCH3 is 1. The number of anilines is 2. The molecule has 10 heteroatoms. The number of nitrogens with one attached hydrogen (secondary N) is 1. The number of carbonyl (C=O) groups is 1. The maximum atomic E-state index is 14.8. The van der Waals surface area contributed by atoms with Crippen LogP contribution in [0.1, 0.15) is 33.9 Å². The second-order valence-corrected chi connectivity index (χ2v) is 13.5. The largest absolute Gasteiger partial charge is 0.494 e. The highest BCUT2D eigenvalue weighted by atomic mass is 32.2. The van der Waals surface area contributed by atoms with Crippen LogP contribution in [0.15, 0.2) is 59.5 Å². The van der Waals surface area contributed by atoms with Crippen molar-refractivity contribution in [3.8, 4) is 11.5 Å². The fourth-order valence-electron chi connectivity index (χ4n) is 7.10. The number of rotatable bonds is 4. The number of likely N-dealkylation sites (N-methyl/N-ethyl adjacent to an activating group) is 1. The molecule has 3 aromatic rings. The molecule has 8 nitrogen and oxygen atoms in total. The molecule has 4 aliphatic rings. The Balaban J connectivity index is 1.61. The van der Waals surface area contributed by atoms with Crippen LogP contribution in [-0.4, -0.2) is 52.7 Å². The molecule has 0 spiro atoms. The van der Waals surface area contributed by atoms with Crippen LogP contribution in [0.5, 0.6) is 11.5 Å². The number of hydrogen-bond acceptors (Lipinski definition) is 7. The lowest BCUT2D eigenvalue weighted by molar-refractivity contribution is -0.115. The highest BCUT2D eigenvalue weighted by molar-refractivity contribution is 7.99. The topological polar surface area (TPSA) is 88.2 Å². The molecule has 0 aromatic heterocycles. The van der Waals surface area contributed by atoms with Gasteiger partial charge in [0.15, 0.2) is 5.60 Å². The number of ether oxygens (including phenoxy) is 2. The first-order valence-electron chi connectivity index (χ1n) is 12.9. The Morgan fingerprint density at radius 1 is 1.15 bits per heavy atom. The molecule has 0 bridgehead atoms. The van der Waals surface area contributed by atoms with E-state index in [-0.39, 0.29) is 10.8 Å². The Kier molecular flexibility index (Phi) is 5.19. The summed E-state index contributed by atoms with van der Waals surface area (Å²) in [4.78, 5) is 15.6. The Bertz CT molecular complexity index is 1660. The number of likely N-dealkylation sites (tertiary alicyclic amines) is 1. The monoisotopic (exact) mass is 563 g/mol. The molecule has 202 valence electrons. The van der Waals surface area contributed by atoms with E-state index >= 15 is 0 Å². The number of benzene rings is 3. The zero-order valence-electron chi connectivity index (χ0n) is 22.1.